The lowest BCUT2D eigenvalue weighted by Gasteiger charge is -2.30. The van der Waals surface area contributed by atoms with Crippen LogP contribution in [-0.4, -0.2) is 41.1 Å². The van der Waals surface area contributed by atoms with E-state index < -0.39 is 5.97 Å². The summed E-state index contributed by atoms with van der Waals surface area (Å²) in [5.74, 6) is 0.367. The SMILES string of the molecule is CCC(C)N(CC(=O)O)C(=O)NCC(C(C)C)C(C)C. The summed E-state index contributed by atoms with van der Waals surface area (Å²) in [6.45, 7) is 12.7. The first-order valence-electron chi connectivity index (χ1n) is 7.46. The number of rotatable bonds is 8. The van der Waals surface area contributed by atoms with Gasteiger partial charge in [0, 0.05) is 12.6 Å². The number of carbonyl (C=O) groups is 2. The molecule has 0 saturated carbocycles. The summed E-state index contributed by atoms with van der Waals surface area (Å²) < 4.78 is 0. The minimum Gasteiger partial charge on any atom is -0.480 e. The maximum Gasteiger partial charge on any atom is 0.323 e. The van der Waals surface area contributed by atoms with Crippen molar-refractivity contribution < 1.29 is 14.7 Å². The molecule has 0 heterocycles. The highest BCUT2D eigenvalue weighted by Crippen LogP contribution is 2.19. The summed E-state index contributed by atoms with van der Waals surface area (Å²) in [5, 5.41) is 11.8. The van der Waals surface area contributed by atoms with Crippen LogP contribution >= 0.6 is 0 Å². The first-order valence-corrected chi connectivity index (χ1v) is 7.46. The summed E-state index contributed by atoms with van der Waals surface area (Å²) in [6, 6.07) is -0.365. The van der Waals surface area contributed by atoms with E-state index in [2.05, 4.69) is 33.0 Å². The zero-order valence-corrected chi connectivity index (χ0v) is 13.6. The maximum atomic E-state index is 12.2. The largest absolute Gasteiger partial charge is 0.480 e. The molecule has 5 nitrogen and oxygen atoms in total. The molecule has 0 radical (unpaired) electrons. The number of carboxylic acids is 1. The molecule has 1 atom stereocenters. The van der Waals surface area contributed by atoms with Crippen molar-refractivity contribution in [3.63, 3.8) is 0 Å². The Balaban J connectivity index is 4.63. The molecule has 118 valence electrons. The Kier molecular flexibility index (Phi) is 8.26. The van der Waals surface area contributed by atoms with E-state index in [1.807, 2.05) is 13.8 Å². The highest BCUT2D eigenvalue weighted by molar-refractivity contribution is 5.80. The van der Waals surface area contributed by atoms with Gasteiger partial charge in [0.05, 0.1) is 0 Å². The minimum absolute atomic E-state index is 0.0809. The van der Waals surface area contributed by atoms with Crippen LogP contribution in [0.5, 0.6) is 0 Å². The van der Waals surface area contributed by atoms with Gasteiger partial charge in [-0.15, -0.1) is 0 Å². The standard InChI is InChI=1S/C15H30N2O3/c1-7-12(6)17(9-14(18)19)15(20)16-8-13(10(2)3)11(4)5/h10-13H,7-9H2,1-6H3,(H,16,20)(H,18,19). The van der Waals surface area contributed by atoms with E-state index in [1.165, 1.54) is 4.90 Å². The van der Waals surface area contributed by atoms with Gasteiger partial charge < -0.3 is 15.3 Å². The van der Waals surface area contributed by atoms with Crippen molar-refractivity contribution in [2.75, 3.05) is 13.1 Å². The number of amides is 2. The first-order chi connectivity index (χ1) is 9.20. The summed E-state index contributed by atoms with van der Waals surface area (Å²) in [4.78, 5) is 24.4. The summed E-state index contributed by atoms with van der Waals surface area (Å²) in [5.41, 5.74) is 0. The molecular weight excluding hydrogens is 256 g/mol. The zero-order valence-electron chi connectivity index (χ0n) is 13.6. The number of nitrogens with zero attached hydrogens (tertiary/aromatic N) is 1. The Morgan fingerprint density at radius 2 is 1.60 bits per heavy atom. The molecule has 0 fully saturated rings. The Bertz CT molecular complexity index is 308. The van der Waals surface area contributed by atoms with Gasteiger partial charge in [0.25, 0.3) is 0 Å². The fraction of sp³-hybridized carbons (Fsp3) is 0.867. The molecular formula is C15H30N2O3. The highest BCUT2D eigenvalue weighted by atomic mass is 16.4. The lowest BCUT2D eigenvalue weighted by atomic mass is 9.85. The van der Waals surface area contributed by atoms with Gasteiger partial charge in [-0.05, 0) is 31.1 Å². The monoisotopic (exact) mass is 286 g/mol. The molecule has 0 aliphatic rings. The zero-order chi connectivity index (χ0) is 15.9. The second kappa shape index (κ2) is 8.82. The summed E-state index contributed by atoms with van der Waals surface area (Å²) in [6.07, 6.45) is 0.735. The van der Waals surface area contributed by atoms with Crippen LogP contribution in [0.4, 0.5) is 4.79 Å². The maximum absolute atomic E-state index is 12.2. The second-order valence-electron chi connectivity index (χ2n) is 6.12. The van der Waals surface area contributed by atoms with Gasteiger partial charge in [0.15, 0.2) is 0 Å². The molecule has 0 saturated heterocycles. The molecule has 0 aromatic rings. The molecule has 2 amide bonds. The summed E-state index contributed by atoms with van der Waals surface area (Å²) >= 11 is 0. The van der Waals surface area contributed by atoms with E-state index in [-0.39, 0.29) is 18.6 Å². The fourth-order valence-corrected chi connectivity index (χ4v) is 2.34. The fourth-order valence-electron chi connectivity index (χ4n) is 2.34. The molecule has 5 heteroatoms. The van der Waals surface area contributed by atoms with Gasteiger partial charge in [-0.1, -0.05) is 34.6 Å². The van der Waals surface area contributed by atoms with Crippen molar-refractivity contribution in [1.29, 1.82) is 0 Å². The van der Waals surface area contributed by atoms with Crippen LogP contribution in [0.15, 0.2) is 0 Å². The number of hydrogen-bond donors (Lipinski definition) is 2. The third kappa shape index (κ3) is 6.26. The van der Waals surface area contributed by atoms with Crippen LogP contribution in [0, 0.1) is 17.8 Å². The molecule has 0 aliphatic heterocycles. The van der Waals surface area contributed by atoms with Gasteiger partial charge in [0.1, 0.15) is 6.54 Å². The predicted molar refractivity (Wildman–Crippen MR) is 80.7 cm³/mol. The van der Waals surface area contributed by atoms with Gasteiger partial charge >= 0.3 is 12.0 Å². The number of urea groups is 1. The number of nitrogens with one attached hydrogen (secondary N) is 1. The van der Waals surface area contributed by atoms with Crippen LogP contribution < -0.4 is 5.32 Å². The van der Waals surface area contributed by atoms with Crippen LogP contribution in [0.3, 0.4) is 0 Å². The molecule has 0 aromatic heterocycles. The normalized spacial score (nSPS) is 12.8. The molecule has 0 bridgehead atoms. The third-order valence-electron chi connectivity index (χ3n) is 3.89. The second-order valence-corrected chi connectivity index (χ2v) is 6.12. The van der Waals surface area contributed by atoms with E-state index in [9.17, 15) is 9.59 Å². The average Bonchev–Trinajstić information content (AvgIpc) is 2.33. The minimum atomic E-state index is -0.982. The molecule has 0 rings (SSSR count). The van der Waals surface area contributed by atoms with Crippen molar-refractivity contribution in [1.82, 2.24) is 10.2 Å². The van der Waals surface area contributed by atoms with Crippen molar-refractivity contribution in [2.45, 2.75) is 54.0 Å². The molecule has 2 N–H and O–H groups in total. The first kappa shape index (κ1) is 18.7. The molecule has 1 unspecified atom stereocenters. The number of hydrogen-bond acceptors (Lipinski definition) is 2. The van der Waals surface area contributed by atoms with Gasteiger partial charge in [-0.25, -0.2) is 4.79 Å². The molecule has 0 aliphatic carbocycles. The van der Waals surface area contributed by atoms with E-state index in [1.54, 1.807) is 0 Å². The highest BCUT2D eigenvalue weighted by Gasteiger charge is 2.24. The Labute approximate surface area is 122 Å². The van der Waals surface area contributed by atoms with Gasteiger partial charge in [-0.2, -0.15) is 0 Å². The number of carboxylic acid groups (broad SMARTS) is 1. The van der Waals surface area contributed by atoms with E-state index in [0.29, 0.717) is 24.3 Å². The van der Waals surface area contributed by atoms with E-state index >= 15 is 0 Å². The van der Waals surface area contributed by atoms with Crippen LogP contribution in [0.25, 0.3) is 0 Å². The Morgan fingerprint density at radius 1 is 1.10 bits per heavy atom. The van der Waals surface area contributed by atoms with Crippen LogP contribution in [0.2, 0.25) is 0 Å². The third-order valence-corrected chi connectivity index (χ3v) is 3.89. The quantitative estimate of drug-likeness (QED) is 0.721. The van der Waals surface area contributed by atoms with Crippen molar-refractivity contribution in [3.05, 3.63) is 0 Å². The lowest BCUT2D eigenvalue weighted by molar-refractivity contribution is -0.138. The lowest BCUT2D eigenvalue weighted by Crippen LogP contribution is -2.49. The van der Waals surface area contributed by atoms with E-state index in [4.69, 9.17) is 5.11 Å². The van der Waals surface area contributed by atoms with E-state index in [0.717, 1.165) is 6.42 Å². The van der Waals surface area contributed by atoms with Crippen LogP contribution in [0.1, 0.15) is 48.0 Å². The Hall–Kier alpha value is -1.26. The van der Waals surface area contributed by atoms with Gasteiger partial charge in [0.2, 0.25) is 0 Å². The molecule has 0 aromatic carbocycles. The van der Waals surface area contributed by atoms with Crippen molar-refractivity contribution in [3.8, 4) is 0 Å². The summed E-state index contributed by atoms with van der Waals surface area (Å²) in [7, 11) is 0. The molecule has 0 spiro atoms. The van der Waals surface area contributed by atoms with Gasteiger partial charge in [-0.3, -0.25) is 4.79 Å². The smallest absolute Gasteiger partial charge is 0.323 e. The molecule has 20 heavy (non-hydrogen) atoms. The predicted octanol–water partition coefficient (Wildman–Crippen LogP) is 2.81. The van der Waals surface area contributed by atoms with Crippen molar-refractivity contribution in [2.24, 2.45) is 17.8 Å². The van der Waals surface area contributed by atoms with Crippen molar-refractivity contribution >= 4 is 12.0 Å². The van der Waals surface area contributed by atoms with Crippen LogP contribution in [-0.2, 0) is 4.79 Å². The average molecular weight is 286 g/mol. The number of aliphatic carboxylic acids is 1. The number of carbonyl (C=O) groups excluding carboxylic acids is 1. The topological polar surface area (TPSA) is 69.6 Å². The Morgan fingerprint density at radius 3 is 1.95 bits per heavy atom.